The molecule has 1 aromatic heterocycles. The molecule has 3 amide bonds. The highest BCUT2D eigenvalue weighted by Crippen LogP contribution is 2.29. The van der Waals surface area contributed by atoms with Crippen LogP contribution in [0.15, 0.2) is 35.3 Å². The van der Waals surface area contributed by atoms with Gasteiger partial charge in [0.25, 0.3) is 0 Å². The molecule has 2 atom stereocenters. The summed E-state index contributed by atoms with van der Waals surface area (Å²) < 4.78 is 1.09. The van der Waals surface area contributed by atoms with Gasteiger partial charge in [0, 0.05) is 43.8 Å². The Kier molecular flexibility index (Phi) is 12.5. The molecule has 234 valence electrons. The molecule has 1 saturated carbocycles. The smallest absolute Gasteiger partial charge is 0.247 e. The number of carbonyl (C=O) groups is 3. The molecule has 2 heterocycles. The Bertz CT molecular complexity index is 1290. The molecule has 4 rings (SSSR count). The Morgan fingerprint density at radius 1 is 1.12 bits per heavy atom. The van der Waals surface area contributed by atoms with E-state index in [2.05, 4.69) is 53.1 Å². The molecule has 8 nitrogen and oxygen atoms in total. The molecule has 1 saturated heterocycles. The SMILES string of the molecule is C=C(CN1CCCCC1)C(=O)NC[C@@H](NC(=O)C(C=NC(=O)CC)Cc1nc2ccc(C(C)C)cc2s1)C1CCCCC1. The number of hydrogen-bond donors (Lipinski definition) is 2. The van der Waals surface area contributed by atoms with Crippen LogP contribution in [0.4, 0.5) is 0 Å². The number of carbonyl (C=O) groups excluding carboxylic acids is 3. The van der Waals surface area contributed by atoms with Gasteiger partial charge in [0.2, 0.25) is 17.7 Å². The number of fused-ring (bicyclic) bond motifs is 1. The van der Waals surface area contributed by atoms with E-state index in [-0.39, 0.29) is 36.1 Å². The van der Waals surface area contributed by atoms with Gasteiger partial charge in [-0.15, -0.1) is 11.3 Å². The number of amides is 3. The molecule has 0 radical (unpaired) electrons. The van der Waals surface area contributed by atoms with Crippen LogP contribution in [-0.2, 0) is 20.8 Å². The van der Waals surface area contributed by atoms with Crippen molar-refractivity contribution in [1.29, 1.82) is 0 Å². The molecule has 2 aliphatic rings. The van der Waals surface area contributed by atoms with Crippen molar-refractivity contribution in [3.05, 3.63) is 40.9 Å². The number of hydrogen-bond acceptors (Lipinski definition) is 6. The van der Waals surface area contributed by atoms with Gasteiger partial charge in [0.15, 0.2) is 0 Å². The number of nitrogens with zero attached hydrogens (tertiary/aromatic N) is 3. The molecule has 2 aromatic rings. The summed E-state index contributed by atoms with van der Waals surface area (Å²) in [5, 5.41) is 7.18. The topological polar surface area (TPSA) is 104 Å². The van der Waals surface area contributed by atoms with Crippen molar-refractivity contribution >= 4 is 45.5 Å². The number of nitrogens with one attached hydrogen (secondary N) is 2. The van der Waals surface area contributed by atoms with Gasteiger partial charge in [-0.1, -0.05) is 59.1 Å². The molecule has 1 aliphatic heterocycles. The van der Waals surface area contributed by atoms with Crippen LogP contribution in [0.1, 0.15) is 95.0 Å². The minimum Gasteiger partial charge on any atom is -0.351 e. The molecule has 2 N–H and O–H groups in total. The van der Waals surface area contributed by atoms with E-state index in [1.54, 1.807) is 18.3 Å². The molecule has 1 aliphatic carbocycles. The number of aliphatic imine (C=N–C) groups is 1. The molecule has 0 bridgehead atoms. The first kappa shape index (κ1) is 33.0. The van der Waals surface area contributed by atoms with Gasteiger partial charge in [-0.05, 0) is 68.3 Å². The number of rotatable bonds is 13. The monoisotopic (exact) mass is 607 g/mol. The van der Waals surface area contributed by atoms with Crippen molar-refractivity contribution in [2.24, 2.45) is 16.8 Å². The van der Waals surface area contributed by atoms with Crippen LogP contribution in [-0.4, -0.2) is 66.0 Å². The van der Waals surface area contributed by atoms with Gasteiger partial charge >= 0.3 is 0 Å². The average molecular weight is 608 g/mol. The zero-order valence-electron chi connectivity index (χ0n) is 26.2. The average Bonchev–Trinajstić information content (AvgIpc) is 3.43. The fraction of sp³-hybridized carbons (Fsp3) is 0.618. The summed E-state index contributed by atoms with van der Waals surface area (Å²) in [5.41, 5.74) is 2.73. The molecule has 1 aromatic carbocycles. The third-order valence-electron chi connectivity index (χ3n) is 8.77. The maximum atomic E-state index is 13.8. The number of piperidine rings is 1. The highest BCUT2D eigenvalue weighted by molar-refractivity contribution is 7.18. The second kappa shape index (κ2) is 16.2. The number of benzene rings is 1. The summed E-state index contributed by atoms with van der Waals surface area (Å²) in [4.78, 5) is 50.1. The Morgan fingerprint density at radius 3 is 2.53 bits per heavy atom. The standard InChI is InChI=1S/C34H49N5O3S/c1-5-31(40)35-20-27(19-32-37-28-15-14-26(23(2)3)18-30(28)43-32)34(42)38-29(25-12-8-6-9-13-25)21-36-33(41)24(4)22-39-16-10-7-11-17-39/h14-15,18,20,23,25,27,29H,4-13,16-17,19,21-22H2,1-3H3,(H,36,41)(H,38,42)/t27?,29-/m1/s1. The zero-order valence-corrected chi connectivity index (χ0v) is 27.0. The fourth-order valence-corrected chi connectivity index (χ4v) is 7.12. The molecule has 9 heteroatoms. The second-order valence-electron chi connectivity index (χ2n) is 12.5. The van der Waals surface area contributed by atoms with Gasteiger partial charge in [-0.3, -0.25) is 19.3 Å². The number of likely N-dealkylation sites (tertiary alicyclic amines) is 1. The summed E-state index contributed by atoms with van der Waals surface area (Å²) in [6.45, 7) is 13.1. The van der Waals surface area contributed by atoms with Crippen LogP contribution >= 0.6 is 11.3 Å². The van der Waals surface area contributed by atoms with Crippen LogP contribution in [0, 0.1) is 11.8 Å². The second-order valence-corrected chi connectivity index (χ2v) is 13.6. The van der Waals surface area contributed by atoms with Crippen molar-refractivity contribution < 1.29 is 14.4 Å². The summed E-state index contributed by atoms with van der Waals surface area (Å²) in [7, 11) is 0. The van der Waals surface area contributed by atoms with Crippen LogP contribution in [0.25, 0.3) is 10.2 Å². The van der Waals surface area contributed by atoms with Crippen molar-refractivity contribution in [3.8, 4) is 0 Å². The van der Waals surface area contributed by atoms with Gasteiger partial charge < -0.3 is 10.6 Å². The summed E-state index contributed by atoms with van der Waals surface area (Å²) in [5.74, 6) is -0.544. The normalized spacial score (nSPS) is 18.1. The predicted molar refractivity (Wildman–Crippen MR) is 176 cm³/mol. The largest absolute Gasteiger partial charge is 0.351 e. The third-order valence-corrected chi connectivity index (χ3v) is 9.81. The van der Waals surface area contributed by atoms with Gasteiger partial charge in [-0.2, -0.15) is 0 Å². The van der Waals surface area contributed by atoms with Crippen LogP contribution < -0.4 is 10.6 Å². The van der Waals surface area contributed by atoms with Crippen molar-refractivity contribution in [2.45, 2.75) is 96.9 Å². The Labute approximate surface area is 260 Å². The molecular formula is C34H49N5O3S. The first-order valence-corrected chi connectivity index (χ1v) is 17.0. The van der Waals surface area contributed by atoms with E-state index in [1.807, 2.05) is 6.07 Å². The Hall–Kier alpha value is -2.91. The van der Waals surface area contributed by atoms with E-state index in [9.17, 15) is 14.4 Å². The molecular weight excluding hydrogens is 558 g/mol. The van der Waals surface area contributed by atoms with E-state index < -0.39 is 5.92 Å². The van der Waals surface area contributed by atoms with E-state index in [0.717, 1.165) is 66.8 Å². The Morgan fingerprint density at radius 2 is 1.84 bits per heavy atom. The lowest BCUT2D eigenvalue weighted by molar-refractivity contribution is -0.124. The summed E-state index contributed by atoms with van der Waals surface area (Å²) in [6, 6.07) is 6.11. The highest BCUT2D eigenvalue weighted by Gasteiger charge is 2.29. The minimum absolute atomic E-state index is 0.150. The van der Waals surface area contributed by atoms with Gasteiger partial charge in [-0.25, -0.2) is 9.98 Å². The van der Waals surface area contributed by atoms with Crippen LogP contribution in [0.3, 0.4) is 0 Å². The highest BCUT2D eigenvalue weighted by atomic mass is 32.1. The summed E-state index contributed by atoms with van der Waals surface area (Å²) >= 11 is 1.58. The maximum absolute atomic E-state index is 13.8. The van der Waals surface area contributed by atoms with E-state index in [0.29, 0.717) is 31.0 Å². The first-order chi connectivity index (χ1) is 20.7. The molecule has 2 fully saturated rings. The van der Waals surface area contributed by atoms with Crippen molar-refractivity contribution in [1.82, 2.24) is 20.5 Å². The number of aromatic nitrogens is 1. The molecule has 0 spiro atoms. The van der Waals surface area contributed by atoms with E-state index in [4.69, 9.17) is 4.98 Å². The van der Waals surface area contributed by atoms with Gasteiger partial charge in [0.1, 0.15) is 0 Å². The Balaban J connectivity index is 1.46. The first-order valence-electron chi connectivity index (χ1n) is 16.2. The lowest BCUT2D eigenvalue weighted by atomic mass is 9.83. The maximum Gasteiger partial charge on any atom is 0.247 e. The van der Waals surface area contributed by atoms with Gasteiger partial charge in [0.05, 0.1) is 21.1 Å². The minimum atomic E-state index is -0.642. The lowest BCUT2D eigenvalue weighted by Gasteiger charge is -2.32. The predicted octanol–water partition coefficient (Wildman–Crippen LogP) is 5.81. The molecule has 1 unspecified atom stereocenters. The van der Waals surface area contributed by atoms with Crippen LogP contribution in [0.2, 0.25) is 0 Å². The van der Waals surface area contributed by atoms with E-state index >= 15 is 0 Å². The van der Waals surface area contributed by atoms with Crippen molar-refractivity contribution in [3.63, 3.8) is 0 Å². The number of thiazole rings is 1. The van der Waals surface area contributed by atoms with E-state index in [1.165, 1.54) is 24.6 Å². The molecule has 43 heavy (non-hydrogen) atoms. The third kappa shape index (κ3) is 9.80. The zero-order chi connectivity index (χ0) is 30.8. The quantitative estimate of drug-likeness (QED) is 0.221. The fourth-order valence-electron chi connectivity index (χ4n) is 6.05. The lowest BCUT2D eigenvalue weighted by Crippen LogP contribution is -2.51. The van der Waals surface area contributed by atoms with Crippen LogP contribution in [0.5, 0.6) is 0 Å². The summed E-state index contributed by atoms with van der Waals surface area (Å²) in [6.07, 6.45) is 11.2. The van der Waals surface area contributed by atoms with Crippen molar-refractivity contribution in [2.75, 3.05) is 26.2 Å².